The van der Waals surface area contributed by atoms with Crippen molar-refractivity contribution in [3.63, 3.8) is 0 Å². The molecule has 2 nitrogen and oxygen atoms in total. The molecule has 4 rings (SSSR count). The average molecular weight is 359 g/mol. The summed E-state index contributed by atoms with van der Waals surface area (Å²) < 4.78 is 0. The first-order chi connectivity index (χ1) is 12.7. The third-order valence-corrected chi connectivity index (χ3v) is 5.00. The molecule has 26 heavy (non-hydrogen) atoms. The summed E-state index contributed by atoms with van der Waals surface area (Å²) in [5, 5.41) is 2.98. The van der Waals surface area contributed by atoms with Gasteiger partial charge in [0.2, 0.25) is 0 Å². The second-order valence-corrected chi connectivity index (χ2v) is 6.63. The number of carbonyl (C=O) groups excluding carboxylic acids is 1. The van der Waals surface area contributed by atoms with Crippen LogP contribution in [0.3, 0.4) is 0 Å². The molecule has 0 amide bonds. The van der Waals surface area contributed by atoms with Gasteiger partial charge in [-0.15, -0.1) is 11.3 Å². The van der Waals surface area contributed by atoms with E-state index < -0.39 is 0 Å². The van der Waals surface area contributed by atoms with E-state index in [9.17, 15) is 4.79 Å². The average Bonchev–Trinajstić information content (AvgIpc) is 3.23. The number of para-hydroxylation sites is 1. The molecule has 4 aromatic rings. The van der Waals surface area contributed by atoms with Crippen LogP contribution in [0.5, 0.6) is 0 Å². The Balaban J connectivity index is 0.000000948. The van der Waals surface area contributed by atoms with E-state index in [4.69, 9.17) is 4.98 Å². The molecular weight excluding hydrogens is 338 g/mol. The van der Waals surface area contributed by atoms with E-state index in [0.717, 1.165) is 27.7 Å². The lowest BCUT2D eigenvalue weighted by Crippen LogP contribution is -1.97. The molecule has 0 N–H and O–H groups in total. The Kier molecular flexibility index (Phi) is 5.59. The van der Waals surface area contributed by atoms with Gasteiger partial charge >= 0.3 is 0 Å². The maximum Gasteiger partial charge on any atom is 0.160 e. The smallest absolute Gasteiger partial charge is 0.160 e. The van der Waals surface area contributed by atoms with Gasteiger partial charge in [-0.25, -0.2) is 4.98 Å². The molecule has 0 bridgehead atoms. The van der Waals surface area contributed by atoms with Crippen molar-refractivity contribution in [3.05, 3.63) is 77.7 Å². The van der Waals surface area contributed by atoms with Gasteiger partial charge in [-0.3, -0.25) is 4.79 Å². The molecule has 0 unspecified atom stereocenters. The number of hydrogen-bond acceptors (Lipinski definition) is 3. The molecule has 0 saturated carbocycles. The van der Waals surface area contributed by atoms with Crippen LogP contribution >= 0.6 is 11.3 Å². The first-order valence-electron chi connectivity index (χ1n) is 8.77. The zero-order chi connectivity index (χ0) is 18.5. The van der Waals surface area contributed by atoms with Gasteiger partial charge in [0.25, 0.3) is 0 Å². The number of fused-ring (bicyclic) bond motifs is 1. The Bertz CT molecular complexity index is 1020. The summed E-state index contributed by atoms with van der Waals surface area (Å²) in [6.45, 7) is 5.60. The molecule has 0 atom stereocenters. The van der Waals surface area contributed by atoms with Crippen LogP contribution in [0.4, 0.5) is 0 Å². The van der Waals surface area contributed by atoms with Gasteiger partial charge in [0.15, 0.2) is 5.78 Å². The molecule has 0 spiro atoms. The topological polar surface area (TPSA) is 30.0 Å². The van der Waals surface area contributed by atoms with E-state index in [0.29, 0.717) is 0 Å². The molecule has 0 aliphatic carbocycles. The second-order valence-electron chi connectivity index (χ2n) is 5.68. The van der Waals surface area contributed by atoms with Crippen molar-refractivity contribution in [2.75, 3.05) is 0 Å². The molecule has 2 aromatic carbocycles. The van der Waals surface area contributed by atoms with Gasteiger partial charge in [0.1, 0.15) is 0 Å². The highest BCUT2D eigenvalue weighted by Gasteiger charge is 2.10. The summed E-state index contributed by atoms with van der Waals surface area (Å²) in [6, 6.07) is 22.2. The molecule has 0 fully saturated rings. The van der Waals surface area contributed by atoms with Crippen molar-refractivity contribution in [3.8, 4) is 21.7 Å². The number of hydrogen-bond donors (Lipinski definition) is 0. The van der Waals surface area contributed by atoms with Gasteiger partial charge in [0.05, 0.1) is 11.2 Å². The van der Waals surface area contributed by atoms with E-state index in [-0.39, 0.29) is 5.78 Å². The molecule has 0 aliphatic heterocycles. The van der Waals surface area contributed by atoms with Gasteiger partial charge < -0.3 is 0 Å². The molecule has 0 saturated heterocycles. The van der Waals surface area contributed by atoms with Crippen molar-refractivity contribution in [2.24, 2.45) is 0 Å². The summed E-state index contributed by atoms with van der Waals surface area (Å²) in [5.74, 6) is 0.0602. The van der Waals surface area contributed by atoms with Crippen molar-refractivity contribution >= 4 is 28.0 Å². The standard InChI is InChI=1S/C21H15NOS.C2H6/c1-14(23)18-13-20(22-19-6-3-2-5-17(18)19)15-8-10-16(11-9-15)21-7-4-12-24-21;1-2/h2-13H,1H3;1-2H3. The fourth-order valence-corrected chi connectivity index (χ4v) is 3.60. The fraction of sp³-hybridized carbons (Fsp3) is 0.130. The van der Waals surface area contributed by atoms with Crippen molar-refractivity contribution in [1.82, 2.24) is 4.98 Å². The Morgan fingerprint density at radius 2 is 1.58 bits per heavy atom. The zero-order valence-corrected chi connectivity index (χ0v) is 16.0. The van der Waals surface area contributed by atoms with Crippen LogP contribution in [0.25, 0.3) is 32.6 Å². The van der Waals surface area contributed by atoms with Crippen LogP contribution in [0.15, 0.2) is 72.1 Å². The Morgan fingerprint density at radius 1 is 0.885 bits per heavy atom. The van der Waals surface area contributed by atoms with Crippen LogP contribution in [-0.4, -0.2) is 10.8 Å². The summed E-state index contributed by atoms with van der Waals surface area (Å²) in [6.07, 6.45) is 0. The minimum absolute atomic E-state index is 0.0602. The molecule has 3 heteroatoms. The van der Waals surface area contributed by atoms with Crippen LogP contribution < -0.4 is 0 Å². The number of pyridine rings is 1. The van der Waals surface area contributed by atoms with Crippen LogP contribution in [-0.2, 0) is 0 Å². The van der Waals surface area contributed by atoms with Crippen LogP contribution in [0, 0.1) is 0 Å². The summed E-state index contributed by atoms with van der Waals surface area (Å²) in [5.41, 5.74) is 4.61. The zero-order valence-electron chi connectivity index (χ0n) is 15.2. The van der Waals surface area contributed by atoms with Crippen LogP contribution in [0.1, 0.15) is 31.1 Å². The maximum atomic E-state index is 12.0. The number of ketones is 1. The SMILES string of the molecule is CC.CC(=O)c1cc(-c2ccc(-c3cccs3)cc2)nc2ccccc12. The predicted molar refractivity (Wildman–Crippen MR) is 112 cm³/mol. The first kappa shape index (κ1) is 18.0. The Morgan fingerprint density at radius 3 is 2.23 bits per heavy atom. The highest BCUT2D eigenvalue weighted by Crippen LogP contribution is 2.29. The van der Waals surface area contributed by atoms with E-state index in [2.05, 4.69) is 41.8 Å². The first-order valence-corrected chi connectivity index (χ1v) is 9.65. The number of rotatable bonds is 3. The number of nitrogens with zero attached hydrogens (tertiary/aromatic N) is 1. The monoisotopic (exact) mass is 359 g/mol. The lowest BCUT2D eigenvalue weighted by atomic mass is 10.0. The third-order valence-electron chi connectivity index (χ3n) is 4.08. The summed E-state index contributed by atoms with van der Waals surface area (Å²) >= 11 is 1.73. The Hall–Kier alpha value is -2.78. The van der Waals surface area contributed by atoms with Gasteiger partial charge in [-0.2, -0.15) is 0 Å². The molecule has 130 valence electrons. The largest absolute Gasteiger partial charge is 0.294 e. The summed E-state index contributed by atoms with van der Waals surface area (Å²) in [7, 11) is 0. The van der Waals surface area contributed by atoms with Gasteiger partial charge in [-0.1, -0.05) is 62.4 Å². The predicted octanol–water partition coefficient (Wildman–Crippen LogP) is 6.86. The van der Waals surface area contributed by atoms with E-state index in [1.165, 1.54) is 10.4 Å². The molecule has 0 aliphatic rings. The van der Waals surface area contributed by atoms with Gasteiger partial charge in [0, 0.05) is 21.4 Å². The molecular formula is C23H21NOS. The number of benzene rings is 2. The maximum absolute atomic E-state index is 12.0. The van der Waals surface area contributed by atoms with Crippen molar-refractivity contribution < 1.29 is 4.79 Å². The molecule has 0 radical (unpaired) electrons. The fourth-order valence-electron chi connectivity index (χ4n) is 2.86. The highest BCUT2D eigenvalue weighted by atomic mass is 32.1. The number of thiophene rings is 1. The summed E-state index contributed by atoms with van der Waals surface area (Å²) in [4.78, 5) is 18.0. The molecule has 2 heterocycles. The Labute approximate surface area is 158 Å². The molecule has 2 aromatic heterocycles. The van der Waals surface area contributed by atoms with Crippen molar-refractivity contribution in [1.29, 1.82) is 0 Å². The number of Topliss-reactive ketones (excluding diaryl/α,β-unsaturated/α-hetero) is 1. The van der Waals surface area contributed by atoms with Crippen LogP contribution in [0.2, 0.25) is 0 Å². The number of aromatic nitrogens is 1. The van der Waals surface area contributed by atoms with E-state index in [1.807, 2.05) is 44.2 Å². The third kappa shape index (κ3) is 3.58. The minimum Gasteiger partial charge on any atom is -0.294 e. The van der Waals surface area contributed by atoms with E-state index in [1.54, 1.807) is 18.3 Å². The number of carbonyl (C=O) groups is 1. The lowest BCUT2D eigenvalue weighted by molar-refractivity contribution is 0.101. The minimum atomic E-state index is 0.0602. The van der Waals surface area contributed by atoms with Gasteiger partial charge in [-0.05, 0) is 36.1 Å². The second kappa shape index (κ2) is 8.07. The van der Waals surface area contributed by atoms with Crippen molar-refractivity contribution in [2.45, 2.75) is 20.8 Å². The lowest BCUT2D eigenvalue weighted by Gasteiger charge is -2.08. The van der Waals surface area contributed by atoms with E-state index >= 15 is 0 Å². The highest BCUT2D eigenvalue weighted by molar-refractivity contribution is 7.13. The normalized spacial score (nSPS) is 10.3. The quantitative estimate of drug-likeness (QED) is 0.374.